The minimum absolute atomic E-state index is 0. The second-order valence-electron chi connectivity index (χ2n) is 4.05. The lowest BCUT2D eigenvalue weighted by atomic mass is 9.94. The average molecular weight is 225 g/mol. The van der Waals surface area contributed by atoms with E-state index in [1.165, 1.54) is 5.57 Å². The minimum atomic E-state index is -0.0240. The van der Waals surface area contributed by atoms with Crippen LogP contribution in [0.1, 0.15) is 12.8 Å². The molecule has 0 aromatic carbocycles. The summed E-state index contributed by atoms with van der Waals surface area (Å²) in [7, 11) is 0. The number of halogens is 1. The molecule has 0 bridgehead atoms. The van der Waals surface area contributed by atoms with Crippen molar-refractivity contribution in [1.82, 2.24) is 10.6 Å². The molecule has 2 aliphatic heterocycles. The van der Waals surface area contributed by atoms with Crippen LogP contribution in [0.5, 0.6) is 0 Å². The van der Waals surface area contributed by atoms with Crippen LogP contribution in [0.3, 0.4) is 0 Å². The molecule has 1 saturated carbocycles. The van der Waals surface area contributed by atoms with E-state index in [1.807, 2.05) is 6.08 Å². The molecular formula is C11H13ClN2O. The first-order valence-corrected chi connectivity index (χ1v) is 4.96. The summed E-state index contributed by atoms with van der Waals surface area (Å²) < 4.78 is 0. The molecule has 2 N–H and O–H groups in total. The summed E-state index contributed by atoms with van der Waals surface area (Å²) in [6.45, 7) is 0.801. The summed E-state index contributed by atoms with van der Waals surface area (Å²) in [5.41, 5.74) is 1.39. The fraction of sp³-hybridized carbons (Fsp3) is 0.364. The van der Waals surface area contributed by atoms with Gasteiger partial charge in [0.1, 0.15) is 5.82 Å². The molecule has 0 radical (unpaired) electrons. The number of dihydropyridines is 1. The largest absolute Gasteiger partial charge is 0.368 e. The molecule has 1 spiro atoms. The van der Waals surface area contributed by atoms with Crippen LogP contribution in [-0.2, 0) is 4.79 Å². The van der Waals surface area contributed by atoms with Gasteiger partial charge in [-0.15, -0.1) is 12.4 Å². The van der Waals surface area contributed by atoms with Gasteiger partial charge in [-0.2, -0.15) is 0 Å². The van der Waals surface area contributed by atoms with Gasteiger partial charge in [0, 0.05) is 23.6 Å². The Morgan fingerprint density at radius 1 is 1.27 bits per heavy atom. The molecule has 4 heteroatoms. The molecule has 1 amide bonds. The van der Waals surface area contributed by atoms with Crippen LogP contribution in [0.4, 0.5) is 0 Å². The highest BCUT2D eigenvalue weighted by Crippen LogP contribution is 2.55. The first-order valence-electron chi connectivity index (χ1n) is 4.96. The zero-order valence-electron chi connectivity index (χ0n) is 8.25. The lowest BCUT2D eigenvalue weighted by molar-refractivity contribution is -0.115. The average Bonchev–Trinajstić information content (AvgIpc) is 2.98. The van der Waals surface area contributed by atoms with Crippen molar-refractivity contribution >= 4 is 18.3 Å². The molecular weight excluding hydrogens is 212 g/mol. The highest BCUT2D eigenvalue weighted by atomic mass is 35.5. The van der Waals surface area contributed by atoms with Crippen molar-refractivity contribution in [2.45, 2.75) is 12.8 Å². The standard InChI is InChI=1S/C11H12N2O.ClH/c14-9-3-4-11(5-6-11)8-2-1-7-12-10(8)13-9;/h1-4,12H,5-7H2,(H,13,14);1H. The van der Waals surface area contributed by atoms with Crippen LogP contribution in [0, 0.1) is 5.41 Å². The molecule has 3 rings (SSSR count). The molecule has 15 heavy (non-hydrogen) atoms. The summed E-state index contributed by atoms with van der Waals surface area (Å²) >= 11 is 0. The van der Waals surface area contributed by atoms with E-state index in [9.17, 15) is 4.79 Å². The van der Waals surface area contributed by atoms with Crippen LogP contribution < -0.4 is 10.6 Å². The molecule has 0 atom stereocenters. The Bertz CT molecular complexity index is 391. The van der Waals surface area contributed by atoms with Gasteiger partial charge in [0.2, 0.25) is 5.91 Å². The third-order valence-electron chi connectivity index (χ3n) is 3.08. The Labute approximate surface area is 94.7 Å². The maximum atomic E-state index is 11.4. The molecule has 0 aromatic heterocycles. The predicted octanol–water partition coefficient (Wildman–Crippen LogP) is 1.25. The highest BCUT2D eigenvalue weighted by molar-refractivity contribution is 5.90. The van der Waals surface area contributed by atoms with E-state index in [2.05, 4.69) is 22.8 Å². The molecule has 0 aromatic rings. The van der Waals surface area contributed by atoms with Gasteiger partial charge in [-0.05, 0) is 12.8 Å². The number of rotatable bonds is 0. The maximum Gasteiger partial charge on any atom is 0.249 e. The quantitative estimate of drug-likeness (QED) is 0.650. The van der Waals surface area contributed by atoms with E-state index < -0.39 is 0 Å². The fourth-order valence-electron chi connectivity index (χ4n) is 2.10. The third-order valence-corrected chi connectivity index (χ3v) is 3.08. The van der Waals surface area contributed by atoms with Gasteiger partial charge in [-0.25, -0.2) is 0 Å². The van der Waals surface area contributed by atoms with Gasteiger partial charge < -0.3 is 10.6 Å². The number of carbonyl (C=O) groups is 1. The molecule has 1 aliphatic carbocycles. The van der Waals surface area contributed by atoms with Crippen molar-refractivity contribution in [1.29, 1.82) is 0 Å². The van der Waals surface area contributed by atoms with Crippen LogP contribution >= 0.6 is 12.4 Å². The number of hydrogen-bond donors (Lipinski definition) is 2. The second kappa shape index (κ2) is 3.42. The van der Waals surface area contributed by atoms with Crippen molar-refractivity contribution in [3.8, 4) is 0 Å². The number of fused-ring (bicyclic) bond motifs is 1. The van der Waals surface area contributed by atoms with Crippen molar-refractivity contribution in [2.75, 3.05) is 6.54 Å². The second-order valence-corrected chi connectivity index (χ2v) is 4.05. The Morgan fingerprint density at radius 3 is 2.80 bits per heavy atom. The molecule has 1 fully saturated rings. The van der Waals surface area contributed by atoms with E-state index in [0.29, 0.717) is 0 Å². The van der Waals surface area contributed by atoms with Gasteiger partial charge in [0.05, 0.1) is 0 Å². The van der Waals surface area contributed by atoms with Crippen LogP contribution in [0.2, 0.25) is 0 Å². The zero-order valence-corrected chi connectivity index (χ0v) is 9.06. The van der Waals surface area contributed by atoms with Crippen LogP contribution in [-0.4, -0.2) is 12.5 Å². The summed E-state index contributed by atoms with van der Waals surface area (Å²) in [4.78, 5) is 11.4. The van der Waals surface area contributed by atoms with Gasteiger partial charge in [0.25, 0.3) is 0 Å². The maximum absolute atomic E-state index is 11.4. The van der Waals surface area contributed by atoms with Crippen molar-refractivity contribution in [3.05, 3.63) is 35.7 Å². The normalized spacial score (nSPS) is 24.9. The number of nitrogens with one attached hydrogen (secondary N) is 2. The van der Waals surface area contributed by atoms with Crippen molar-refractivity contribution in [3.63, 3.8) is 0 Å². The summed E-state index contributed by atoms with van der Waals surface area (Å²) in [5, 5.41) is 6.08. The predicted molar refractivity (Wildman–Crippen MR) is 60.4 cm³/mol. The molecule has 3 aliphatic rings. The molecule has 3 nitrogen and oxygen atoms in total. The van der Waals surface area contributed by atoms with Gasteiger partial charge >= 0.3 is 0 Å². The Balaban J connectivity index is 0.000000853. The van der Waals surface area contributed by atoms with Gasteiger partial charge in [-0.3, -0.25) is 4.79 Å². The number of hydrogen-bond acceptors (Lipinski definition) is 2. The monoisotopic (exact) mass is 224 g/mol. The summed E-state index contributed by atoms with van der Waals surface area (Å²) in [5.74, 6) is 0.879. The zero-order chi connectivity index (χ0) is 9.60. The Morgan fingerprint density at radius 2 is 2.07 bits per heavy atom. The molecule has 2 heterocycles. The van der Waals surface area contributed by atoms with E-state index in [0.717, 1.165) is 25.2 Å². The minimum Gasteiger partial charge on any atom is -0.368 e. The molecule has 80 valence electrons. The number of amides is 1. The molecule has 0 unspecified atom stereocenters. The fourth-order valence-corrected chi connectivity index (χ4v) is 2.10. The summed E-state index contributed by atoms with van der Waals surface area (Å²) in [6, 6.07) is 0. The third kappa shape index (κ3) is 1.57. The van der Waals surface area contributed by atoms with Gasteiger partial charge in [0.15, 0.2) is 0 Å². The first-order chi connectivity index (χ1) is 6.80. The lowest BCUT2D eigenvalue weighted by Gasteiger charge is -2.20. The number of allylic oxidation sites excluding steroid dienone is 3. The SMILES string of the molecule is Cl.O=C1C=CC2(CC2)C2=C(NCC=C2)N1. The van der Waals surface area contributed by atoms with E-state index in [4.69, 9.17) is 0 Å². The van der Waals surface area contributed by atoms with Crippen LogP contribution in [0.15, 0.2) is 35.7 Å². The van der Waals surface area contributed by atoms with E-state index in [1.54, 1.807) is 6.08 Å². The Kier molecular flexibility index (Phi) is 2.35. The van der Waals surface area contributed by atoms with E-state index in [-0.39, 0.29) is 23.7 Å². The highest BCUT2D eigenvalue weighted by Gasteiger charge is 2.45. The summed E-state index contributed by atoms with van der Waals surface area (Å²) in [6.07, 6.45) is 10.2. The van der Waals surface area contributed by atoms with Crippen LogP contribution in [0.25, 0.3) is 0 Å². The van der Waals surface area contributed by atoms with Crippen molar-refractivity contribution < 1.29 is 4.79 Å². The Hall–Kier alpha value is -1.22. The van der Waals surface area contributed by atoms with Crippen molar-refractivity contribution in [2.24, 2.45) is 5.41 Å². The lowest BCUT2D eigenvalue weighted by Crippen LogP contribution is -2.33. The van der Waals surface area contributed by atoms with Gasteiger partial charge in [-0.1, -0.05) is 18.2 Å². The number of carbonyl (C=O) groups excluding carboxylic acids is 1. The topological polar surface area (TPSA) is 41.1 Å². The smallest absolute Gasteiger partial charge is 0.249 e. The molecule has 0 saturated heterocycles. The van der Waals surface area contributed by atoms with E-state index >= 15 is 0 Å². The first kappa shape index (κ1) is 10.3.